The normalized spacial score (nSPS) is 11.9. The second-order valence-electron chi connectivity index (χ2n) is 2.49. The van der Waals surface area contributed by atoms with Crippen LogP contribution in [-0.4, -0.2) is 34.9 Å². The maximum atomic E-state index is 10.2. The lowest BCUT2D eigenvalue weighted by Gasteiger charge is -2.02. The molecule has 0 rings (SSSR count). The van der Waals surface area contributed by atoms with Gasteiger partial charge in [0.2, 0.25) is 6.10 Å². The summed E-state index contributed by atoms with van der Waals surface area (Å²) in [6.45, 7) is 0. The van der Waals surface area contributed by atoms with Gasteiger partial charge >= 0.3 is 5.97 Å². The number of hydrogen-bond donors (Lipinski definition) is 3. The van der Waals surface area contributed by atoms with Crippen LogP contribution in [0.25, 0.3) is 0 Å². The first kappa shape index (κ1) is 12.3. The molecule has 0 unspecified atom stereocenters. The lowest BCUT2D eigenvalue weighted by molar-refractivity contribution is -0.139. The summed E-state index contributed by atoms with van der Waals surface area (Å²) in [6.07, 6.45) is -0.464. The van der Waals surface area contributed by atoms with E-state index in [0.717, 1.165) is 0 Å². The molecule has 3 N–H and O–H groups in total. The van der Waals surface area contributed by atoms with Gasteiger partial charge in [-0.05, 0) is 19.3 Å². The van der Waals surface area contributed by atoms with E-state index in [1.165, 1.54) is 0 Å². The summed E-state index contributed by atoms with van der Waals surface area (Å²) in [5.41, 5.74) is 0. The van der Waals surface area contributed by atoms with Crippen LogP contribution in [0.2, 0.25) is 0 Å². The number of rotatable bonds is 6. The summed E-state index contributed by atoms with van der Waals surface area (Å²) in [6, 6.07) is 0. The van der Waals surface area contributed by atoms with Crippen LogP contribution in [0.4, 0.5) is 0 Å². The SMILES string of the molecule is O=C(O)[C](O)CCCCS(=O)(=O)O. The smallest absolute Gasteiger partial charge is 0.339 e. The third-order valence-corrected chi connectivity index (χ3v) is 2.12. The number of carbonyl (C=O) groups is 1. The molecule has 6 nitrogen and oxygen atoms in total. The molecule has 0 heterocycles. The highest BCUT2D eigenvalue weighted by Crippen LogP contribution is 2.07. The average Bonchev–Trinajstić information content (AvgIpc) is 1.95. The molecular weight excluding hydrogens is 200 g/mol. The number of carboxylic acids is 1. The number of aliphatic hydroxyl groups is 1. The fourth-order valence-electron chi connectivity index (χ4n) is 0.684. The Labute approximate surface area is 75.9 Å². The fourth-order valence-corrected chi connectivity index (χ4v) is 1.25. The van der Waals surface area contributed by atoms with E-state index >= 15 is 0 Å². The van der Waals surface area contributed by atoms with Gasteiger partial charge in [-0.2, -0.15) is 8.42 Å². The second-order valence-corrected chi connectivity index (χ2v) is 4.07. The molecule has 7 heteroatoms. The van der Waals surface area contributed by atoms with Crippen LogP contribution in [0.15, 0.2) is 0 Å². The van der Waals surface area contributed by atoms with Gasteiger partial charge in [-0.15, -0.1) is 0 Å². The molecule has 0 aromatic rings. The molecular formula is C6H11O6S. The van der Waals surface area contributed by atoms with Gasteiger partial charge in [0, 0.05) is 0 Å². The molecule has 13 heavy (non-hydrogen) atoms. The van der Waals surface area contributed by atoms with Gasteiger partial charge in [-0.25, -0.2) is 4.79 Å². The van der Waals surface area contributed by atoms with Crippen molar-refractivity contribution >= 4 is 16.1 Å². The predicted molar refractivity (Wildman–Crippen MR) is 43.1 cm³/mol. The minimum absolute atomic E-state index is 0.0924. The molecule has 0 aromatic carbocycles. The van der Waals surface area contributed by atoms with E-state index in [-0.39, 0.29) is 19.3 Å². The van der Waals surface area contributed by atoms with E-state index < -0.39 is 27.9 Å². The topological polar surface area (TPSA) is 112 Å². The summed E-state index contributed by atoms with van der Waals surface area (Å²) in [4.78, 5) is 10.0. The molecule has 0 atom stereocenters. The Kier molecular flexibility index (Phi) is 4.89. The van der Waals surface area contributed by atoms with Gasteiger partial charge in [-0.3, -0.25) is 4.55 Å². The first-order chi connectivity index (χ1) is 5.83. The van der Waals surface area contributed by atoms with E-state index in [1.54, 1.807) is 0 Å². The Bertz CT molecular complexity index is 256. The van der Waals surface area contributed by atoms with Crippen LogP contribution in [0.5, 0.6) is 0 Å². The highest BCUT2D eigenvalue weighted by atomic mass is 32.2. The van der Waals surface area contributed by atoms with Crippen molar-refractivity contribution in [3.63, 3.8) is 0 Å². The van der Waals surface area contributed by atoms with Crippen LogP contribution in [0, 0.1) is 6.10 Å². The molecule has 0 bridgehead atoms. The number of hydrogen-bond acceptors (Lipinski definition) is 4. The summed E-state index contributed by atoms with van der Waals surface area (Å²) in [5.74, 6) is -1.83. The number of carboxylic acid groups (broad SMARTS) is 1. The first-order valence-electron chi connectivity index (χ1n) is 3.56. The second kappa shape index (κ2) is 5.15. The largest absolute Gasteiger partial charge is 0.479 e. The van der Waals surface area contributed by atoms with Crippen molar-refractivity contribution < 1.29 is 28.0 Å². The highest BCUT2D eigenvalue weighted by molar-refractivity contribution is 7.85. The maximum absolute atomic E-state index is 10.2. The molecule has 0 saturated carbocycles. The minimum Gasteiger partial charge on any atom is -0.479 e. The molecule has 0 aliphatic rings. The molecule has 0 aromatic heterocycles. The molecule has 0 aliphatic carbocycles. The fraction of sp³-hybridized carbons (Fsp3) is 0.667. The molecule has 0 fully saturated rings. The van der Waals surface area contributed by atoms with Crippen molar-refractivity contribution in [3.05, 3.63) is 6.10 Å². The predicted octanol–water partition coefficient (Wildman–Crippen LogP) is 0.0336. The van der Waals surface area contributed by atoms with Crippen molar-refractivity contribution in [1.29, 1.82) is 0 Å². The number of unbranched alkanes of at least 4 members (excludes halogenated alkanes) is 1. The summed E-state index contributed by atoms with van der Waals surface area (Å²) in [5, 5.41) is 16.8. The third-order valence-electron chi connectivity index (χ3n) is 1.31. The van der Waals surface area contributed by atoms with Gasteiger partial charge in [0.1, 0.15) is 0 Å². The van der Waals surface area contributed by atoms with Crippen molar-refractivity contribution in [2.45, 2.75) is 19.3 Å². The summed E-state index contributed by atoms with van der Waals surface area (Å²) < 4.78 is 28.6. The van der Waals surface area contributed by atoms with Gasteiger partial charge < -0.3 is 10.2 Å². The Balaban J connectivity index is 3.53. The zero-order chi connectivity index (χ0) is 10.5. The lowest BCUT2D eigenvalue weighted by Crippen LogP contribution is -2.11. The Morgan fingerprint density at radius 3 is 2.08 bits per heavy atom. The van der Waals surface area contributed by atoms with Gasteiger partial charge in [0.25, 0.3) is 10.1 Å². The minimum atomic E-state index is -3.98. The van der Waals surface area contributed by atoms with Crippen molar-refractivity contribution in [3.8, 4) is 0 Å². The van der Waals surface area contributed by atoms with Crippen molar-refractivity contribution in [2.75, 3.05) is 5.75 Å². The quantitative estimate of drug-likeness (QED) is 0.422. The lowest BCUT2D eigenvalue weighted by atomic mass is 10.2. The van der Waals surface area contributed by atoms with E-state index in [1.807, 2.05) is 0 Å². The summed E-state index contributed by atoms with van der Waals surface area (Å²) >= 11 is 0. The first-order valence-corrected chi connectivity index (χ1v) is 5.17. The zero-order valence-electron chi connectivity index (χ0n) is 6.80. The molecule has 77 valence electrons. The third kappa shape index (κ3) is 7.69. The number of aliphatic hydroxyl groups excluding tert-OH is 1. The Morgan fingerprint density at radius 2 is 1.69 bits per heavy atom. The number of aliphatic carboxylic acids is 1. The van der Waals surface area contributed by atoms with E-state index in [4.69, 9.17) is 14.8 Å². The van der Waals surface area contributed by atoms with Crippen LogP contribution < -0.4 is 0 Å². The van der Waals surface area contributed by atoms with Crippen LogP contribution in [-0.2, 0) is 14.9 Å². The Hall–Kier alpha value is -0.660. The maximum Gasteiger partial charge on any atom is 0.339 e. The Morgan fingerprint density at radius 1 is 1.15 bits per heavy atom. The standard InChI is InChI=1S/C6H11O6S/c7-5(6(8)9)3-1-2-4-13(10,11)12/h7H,1-4H2,(H,8,9)(H,10,11,12). The monoisotopic (exact) mass is 211 g/mol. The van der Waals surface area contributed by atoms with Crippen LogP contribution in [0.1, 0.15) is 19.3 Å². The van der Waals surface area contributed by atoms with E-state index in [9.17, 15) is 13.2 Å². The highest BCUT2D eigenvalue weighted by Gasteiger charge is 2.14. The molecule has 0 aliphatic heterocycles. The zero-order valence-corrected chi connectivity index (χ0v) is 7.62. The van der Waals surface area contributed by atoms with Crippen molar-refractivity contribution in [2.24, 2.45) is 0 Å². The molecule has 0 spiro atoms. The van der Waals surface area contributed by atoms with Gasteiger partial charge in [0.15, 0.2) is 0 Å². The molecule has 0 amide bonds. The van der Waals surface area contributed by atoms with Gasteiger partial charge in [-0.1, -0.05) is 0 Å². The molecule has 1 radical (unpaired) electrons. The van der Waals surface area contributed by atoms with E-state index in [2.05, 4.69) is 0 Å². The summed E-state index contributed by atoms with van der Waals surface area (Å²) in [7, 11) is -3.98. The molecule has 0 saturated heterocycles. The van der Waals surface area contributed by atoms with E-state index in [0.29, 0.717) is 0 Å². The van der Waals surface area contributed by atoms with Gasteiger partial charge in [0.05, 0.1) is 5.75 Å². The van der Waals surface area contributed by atoms with Crippen LogP contribution >= 0.6 is 0 Å². The average molecular weight is 211 g/mol. The van der Waals surface area contributed by atoms with Crippen molar-refractivity contribution in [1.82, 2.24) is 0 Å². The van der Waals surface area contributed by atoms with Crippen LogP contribution in [0.3, 0.4) is 0 Å².